The van der Waals surface area contributed by atoms with Crippen molar-refractivity contribution >= 4 is 29.9 Å². The molecule has 0 radical (unpaired) electrons. The summed E-state index contributed by atoms with van der Waals surface area (Å²) in [6, 6.07) is 0.274. The topological polar surface area (TPSA) is 66.7 Å². The summed E-state index contributed by atoms with van der Waals surface area (Å²) in [6.07, 6.45) is 0.933. The van der Waals surface area contributed by atoms with E-state index in [0.29, 0.717) is 0 Å². The molecule has 1 atom stereocenters. The van der Waals surface area contributed by atoms with Gasteiger partial charge in [0.2, 0.25) is 0 Å². The number of guanidine groups is 1. The Morgan fingerprint density at radius 1 is 1.29 bits per heavy atom. The van der Waals surface area contributed by atoms with Gasteiger partial charge < -0.3 is 15.4 Å². The summed E-state index contributed by atoms with van der Waals surface area (Å²) in [6.45, 7) is 18.2. The average molecular weight is 506 g/mol. The summed E-state index contributed by atoms with van der Waals surface area (Å²) in [5, 5.41) is 11.5. The van der Waals surface area contributed by atoms with E-state index in [2.05, 4.69) is 62.2 Å². The summed E-state index contributed by atoms with van der Waals surface area (Å²) in [5.74, 6) is 0.880. The third kappa shape index (κ3) is 6.88. The molecule has 1 aliphatic heterocycles. The number of aliphatic imine (C=N–C) groups is 1. The van der Waals surface area contributed by atoms with Gasteiger partial charge in [-0.1, -0.05) is 0 Å². The molecule has 2 N–H and O–H groups in total. The van der Waals surface area contributed by atoms with Crippen molar-refractivity contribution in [3.05, 3.63) is 17.0 Å². The number of halogens is 1. The zero-order valence-electron chi connectivity index (χ0n) is 18.6. The highest BCUT2D eigenvalue weighted by Gasteiger charge is 2.28. The molecule has 28 heavy (non-hydrogen) atoms. The number of hydrogen-bond acceptors (Lipinski definition) is 4. The van der Waals surface area contributed by atoms with Crippen molar-refractivity contribution in [2.24, 2.45) is 12.0 Å². The molecule has 2 heterocycles. The van der Waals surface area contributed by atoms with Crippen molar-refractivity contribution in [2.75, 3.05) is 39.4 Å². The maximum atomic E-state index is 5.48. The first kappa shape index (κ1) is 25.2. The fourth-order valence-electron chi connectivity index (χ4n) is 3.56. The van der Waals surface area contributed by atoms with Gasteiger partial charge in [0, 0.05) is 44.0 Å². The van der Waals surface area contributed by atoms with Gasteiger partial charge >= 0.3 is 0 Å². The minimum Gasteiger partial charge on any atom is -0.379 e. The molecule has 0 aliphatic carbocycles. The number of nitrogens with one attached hydrogen (secondary N) is 2. The van der Waals surface area contributed by atoms with Crippen molar-refractivity contribution in [1.29, 1.82) is 0 Å². The van der Waals surface area contributed by atoms with Crippen LogP contribution in [0.3, 0.4) is 0 Å². The van der Waals surface area contributed by atoms with E-state index in [-0.39, 0.29) is 35.6 Å². The third-order valence-corrected chi connectivity index (χ3v) is 5.39. The molecule has 1 saturated heterocycles. The zero-order chi connectivity index (χ0) is 20.0. The Kier molecular flexibility index (Phi) is 10.2. The lowest BCUT2D eigenvalue weighted by atomic mass is 10.0. The van der Waals surface area contributed by atoms with Crippen molar-refractivity contribution < 1.29 is 4.74 Å². The molecule has 1 aromatic rings. The summed E-state index contributed by atoms with van der Waals surface area (Å²) < 4.78 is 7.44. The summed E-state index contributed by atoms with van der Waals surface area (Å²) in [7, 11) is 2.00. The minimum absolute atomic E-state index is 0. The third-order valence-electron chi connectivity index (χ3n) is 5.39. The summed E-state index contributed by atoms with van der Waals surface area (Å²) in [4.78, 5) is 7.35. The number of morpholine rings is 1. The molecule has 0 spiro atoms. The highest BCUT2D eigenvalue weighted by atomic mass is 127. The van der Waals surface area contributed by atoms with Gasteiger partial charge in [-0.3, -0.25) is 14.6 Å². The first-order chi connectivity index (χ1) is 12.7. The van der Waals surface area contributed by atoms with Crippen LogP contribution >= 0.6 is 24.0 Å². The maximum absolute atomic E-state index is 5.48. The van der Waals surface area contributed by atoms with Crippen LogP contribution in [-0.4, -0.2) is 71.6 Å². The number of hydrogen-bond donors (Lipinski definition) is 2. The lowest BCUT2D eigenvalue weighted by molar-refractivity contribution is -0.00684. The quantitative estimate of drug-likeness (QED) is 0.338. The molecule has 2 rings (SSSR count). The fraction of sp³-hybridized carbons (Fsp3) is 0.800. The van der Waals surface area contributed by atoms with E-state index in [0.717, 1.165) is 57.5 Å². The Morgan fingerprint density at radius 2 is 1.93 bits per heavy atom. The van der Waals surface area contributed by atoms with E-state index in [1.54, 1.807) is 0 Å². The van der Waals surface area contributed by atoms with Crippen LogP contribution in [0.15, 0.2) is 4.99 Å². The molecule has 0 bridgehead atoms. The van der Waals surface area contributed by atoms with Crippen molar-refractivity contribution in [3.8, 4) is 0 Å². The SMILES string of the molecule is CCNC(=NCC(C)(C)N1CCOCC1)NC(C)Cc1c(C)nn(C)c1C.I. The number of nitrogens with zero attached hydrogens (tertiary/aromatic N) is 4. The van der Waals surface area contributed by atoms with Crippen LogP contribution in [-0.2, 0) is 18.2 Å². The predicted octanol–water partition coefficient (Wildman–Crippen LogP) is 2.25. The fourth-order valence-corrected chi connectivity index (χ4v) is 3.56. The lowest BCUT2D eigenvalue weighted by Gasteiger charge is -2.40. The Balaban J connectivity index is 0.00000392. The van der Waals surface area contributed by atoms with Crippen molar-refractivity contribution in [3.63, 3.8) is 0 Å². The molecular formula is C20H39IN6O. The maximum Gasteiger partial charge on any atom is 0.191 e. The van der Waals surface area contributed by atoms with Crippen LogP contribution < -0.4 is 10.6 Å². The Morgan fingerprint density at radius 3 is 2.46 bits per heavy atom. The van der Waals surface area contributed by atoms with Crippen LogP contribution in [0, 0.1) is 13.8 Å². The molecule has 0 amide bonds. The Labute approximate surface area is 187 Å². The monoisotopic (exact) mass is 506 g/mol. The second-order valence-electron chi connectivity index (χ2n) is 8.13. The molecule has 1 aromatic heterocycles. The second kappa shape index (κ2) is 11.3. The number of aryl methyl sites for hydroxylation is 2. The van der Waals surface area contributed by atoms with Gasteiger partial charge in [-0.2, -0.15) is 5.10 Å². The second-order valence-corrected chi connectivity index (χ2v) is 8.13. The molecule has 162 valence electrons. The molecule has 8 heteroatoms. The van der Waals surface area contributed by atoms with Crippen LogP contribution in [0.4, 0.5) is 0 Å². The standard InChI is InChI=1S/C20H38N6O.HI/c1-8-21-19(22-14-20(5,6)26-9-11-27-12-10-26)23-15(2)13-18-16(3)24-25(7)17(18)4;/h15H,8-14H2,1-7H3,(H2,21,22,23);1H. The number of rotatable bonds is 7. The van der Waals surface area contributed by atoms with Crippen molar-refractivity contribution in [2.45, 2.75) is 59.5 Å². The lowest BCUT2D eigenvalue weighted by Crippen LogP contribution is -2.52. The Bertz CT molecular complexity index is 637. The summed E-state index contributed by atoms with van der Waals surface area (Å²) >= 11 is 0. The first-order valence-electron chi connectivity index (χ1n) is 10.1. The predicted molar refractivity (Wildman–Crippen MR) is 127 cm³/mol. The van der Waals surface area contributed by atoms with Crippen LogP contribution in [0.2, 0.25) is 0 Å². The van der Waals surface area contributed by atoms with E-state index in [1.807, 2.05) is 11.7 Å². The molecule has 1 unspecified atom stereocenters. The van der Waals surface area contributed by atoms with E-state index in [4.69, 9.17) is 9.73 Å². The largest absolute Gasteiger partial charge is 0.379 e. The van der Waals surface area contributed by atoms with Gasteiger partial charge in [-0.15, -0.1) is 24.0 Å². The van der Waals surface area contributed by atoms with Gasteiger partial charge in [-0.05, 0) is 53.5 Å². The van der Waals surface area contributed by atoms with Crippen molar-refractivity contribution in [1.82, 2.24) is 25.3 Å². The highest BCUT2D eigenvalue weighted by Crippen LogP contribution is 2.17. The van der Waals surface area contributed by atoms with Gasteiger partial charge in [0.1, 0.15) is 0 Å². The molecule has 7 nitrogen and oxygen atoms in total. The Hall–Kier alpha value is -0.870. The number of ether oxygens (including phenoxy) is 1. The van der Waals surface area contributed by atoms with Gasteiger partial charge in [0.25, 0.3) is 0 Å². The van der Waals surface area contributed by atoms with E-state index < -0.39 is 0 Å². The van der Waals surface area contributed by atoms with E-state index >= 15 is 0 Å². The molecule has 1 aliphatic rings. The van der Waals surface area contributed by atoms with Crippen LogP contribution in [0.1, 0.15) is 44.6 Å². The minimum atomic E-state index is 0. The molecule has 1 fully saturated rings. The van der Waals surface area contributed by atoms with Crippen LogP contribution in [0.25, 0.3) is 0 Å². The molecule has 0 saturated carbocycles. The van der Waals surface area contributed by atoms with E-state index in [9.17, 15) is 0 Å². The normalized spacial score (nSPS) is 17.2. The van der Waals surface area contributed by atoms with Gasteiger partial charge in [0.05, 0.1) is 25.5 Å². The first-order valence-corrected chi connectivity index (χ1v) is 10.1. The molecular weight excluding hydrogens is 467 g/mol. The van der Waals surface area contributed by atoms with E-state index in [1.165, 1.54) is 11.3 Å². The zero-order valence-corrected chi connectivity index (χ0v) is 21.0. The van der Waals surface area contributed by atoms with Crippen LogP contribution in [0.5, 0.6) is 0 Å². The molecule has 0 aromatic carbocycles. The smallest absolute Gasteiger partial charge is 0.191 e. The summed E-state index contributed by atoms with van der Waals surface area (Å²) in [5.41, 5.74) is 3.68. The average Bonchev–Trinajstić information content (AvgIpc) is 2.87. The van der Waals surface area contributed by atoms with Gasteiger partial charge in [-0.25, -0.2) is 0 Å². The van der Waals surface area contributed by atoms with Gasteiger partial charge in [0.15, 0.2) is 5.96 Å². The number of aromatic nitrogens is 2. The highest BCUT2D eigenvalue weighted by molar-refractivity contribution is 14.0.